The summed E-state index contributed by atoms with van der Waals surface area (Å²) >= 11 is 2.87. The molecule has 0 fully saturated rings. The van der Waals surface area contributed by atoms with Crippen LogP contribution in [-0.2, 0) is 6.42 Å². The number of nitrogens with zero attached hydrogens (tertiary/aromatic N) is 3. The third-order valence-corrected chi connectivity index (χ3v) is 5.74. The van der Waals surface area contributed by atoms with Gasteiger partial charge in [0, 0.05) is 30.1 Å². The highest BCUT2D eigenvalue weighted by atomic mass is 32.1. The minimum Gasteiger partial charge on any atom is -0.368 e. The molecule has 3 aromatic heterocycles. The number of rotatable bonds is 6. The zero-order valence-electron chi connectivity index (χ0n) is 14.8. The first kappa shape index (κ1) is 19.2. The fourth-order valence-electron chi connectivity index (χ4n) is 2.54. The van der Waals surface area contributed by atoms with Crippen molar-refractivity contribution in [3.05, 3.63) is 58.7 Å². The Kier molecular flexibility index (Phi) is 5.58. The van der Waals surface area contributed by atoms with E-state index >= 15 is 0 Å². The van der Waals surface area contributed by atoms with Crippen LogP contribution in [0.15, 0.2) is 42.2 Å². The first-order valence-electron chi connectivity index (χ1n) is 8.48. The van der Waals surface area contributed by atoms with Gasteiger partial charge in [0.2, 0.25) is 0 Å². The normalized spacial score (nSPS) is 10.8. The molecule has 0 aliphatic rings. The summed E-state index contributed by atoms with van der Waals surface area (Å²) in [5.74, 6) is -0.587. The molecule has 0 saturated heterocycles. The highest BCUT2D eigenvalue weighted by Gasteiger charge is 2.11. The Morgan fingerprint density at radius 3 is 2.90 bits per heavy atom. The number of nitrogens with one attached hydrogen (secondary N) is 3. The lowest BCUT2D eigenvalue weighted by atomic mass is 10.3. The van der Waals surface area contributed by atoms with Crippen LogP contribution in [-0.4, -0.2) is 27.5 Å². The van der Waals surface area contributed by atoms with Gasteiger partial charge in [-0.3, -0.25) is 5.32 Å². The highest BCUT2D eigenvalue weighted by Crippen LogP contribution is 2.25. The molecule has 0 aliphatic carbocycles. The number of anilines is 3. The SMILES string of the molecule is O=C(Nc1ncc(CCNc2ncnc3ccsc23)s1)Nc1cc(F)ccc1F. The van der Waals surface area contributed by atoms with Crippen molar-refractivity contribution in [3.8, 4) is 0 Å². The second-order valence-electron chi connectivity index (χ2n) is 5.87. The number of carbonyl (C=O) groups excluding carboxylic acids is 1. The summed E-state index contributed by atoms with van der Waals surface area (Å²) in [6, 6.07) is 4.07. The third-order valence-electron chi connectivity index (χ3n) is 3.86. The maximum atomic E-state index is 13.6. The van der Waals surface area contributed by atoms with Crippen molar-refractivity contribution in [1.29, 1.82) is 0 Å². The maximum absolute atomic E-state index is 13.6. The fourth-order valence-corrected chi connectivity index (χ4v) is 4.16. The van der Waals surface area contributed by atoms with E-state index in [-0.39, 0.29) is 5.69 Å². The molecule has 0 unspecified atom stereocenters. The number of halogens is 2. The minimum atomic E-state index is -0.725. The second-order valence-corrected chi connectivity index (χ2v) is 7.90. The number of fused-ring (bicyclic) bond motifs is 1. The molecule has 0 saturated carbocycles. The molecule has 4 aromatic rings. The van der Waals surface area contributed by atoms with Crippen LogP contribution in [0.5, 0.6) is 0 Å². The molecule has 0 atom stereocenters. The molecule has 1 aromatic carbocycles. The second kappa shape index (κ2) is 8.45. The summed E-state index contributed by atoms with van der Waals surface area (Å²) in [4.78, 5) is 25.5. The third kappa shape index (κ3) is 4.63. The van der Waals surface area contributed by atoms with Gasteiger partial charge in [0.1, 0.15) is 23.8 Å². The average Bonchev–Trinajstić information content (AvgIpc) is 3.34. The van der Waals surface area contributed by atoms with Crippen LogP contribution in [0.1, 0.15) is 4.88 Å². The number of thiophene rings is 1. The summed E-state index contributed by atoms with van der Waals surface area (Å²) < 4.78 is 27.8. The van der Waals surface area contributed by atoms with Gasteiger partial charge in [-0.15, -0.1) is 22.7 Å². The van der Waals surface area contributed by atoms with E-state index in [0.717, 1.165) is 39.1 Å². The topological polar surface area (TPSA) is 91.8 Å². The van der Waals surface area contributed by atoms with E-state index in [4.69, 9.17) is 0 Å². The molecule has 2 amide bonds. The Labute approximate surface area is 171 Å². The molecule has 148 valence electrons. The van der Waals surface area contributed by atoms with E-state index in [0.29, 0.717) is 18.1 Å². The molecular weight excluding hydrogens is 418 g/mol. The van der Waals surface area contributed by atoms with E-state index in [1.165, 1.54) is 17.7 Å². The highest BCUT2D eigenvalue weighted by molar-refractivity contribution is 7.17. The lowest BCUT2D eigenvalue weighted by Gasteiger charge is -2.06. The van der Waals surface area contributed by atoms with Crippen LogP contribution in [0.2, 0.25) is 0 Å². The van der Waals surface area contributed by atoms with E-state index < -0.39 is 17.7 Å². The van der Waals surface area contributed by atoms with Crippen molar-refractivity contribution < 1.29 is 13.6 Å². The van der Waals surface area contributed by atoms with Crippen molar-refractivity contribution in [2.45, 2.75) is 6.42 Å². The Balaban J connectivity index is 1.31. The zero-order valence-corrected chi connectivity index (χ0v) is 16.4. The molecule has 0 spiro atoms. The molecule has 7 nitrogen and oxygen atoms in total. The summed E-state index contributed by atoms with van der Waals surface area (Å²) in [5.41, 5.74) is 0.658. The van der Waals surface area contributed by atoms with E-state index in [2.05, 4.69) is 30.9 Å². The molecule has 29 heavy (non-hydrogen) atoms. The van der Waals surface area contributed by atoms with Gasteiger partial charge >= 0.3 is 6.03 Å². The van der Waals surface area contributed by atoms with Crippen molar-refractivity contribution in [3.63, 3.8) is 0 Å². The zero-order chi connectivity index (χ0) is 20.2. The fraction of sp³-hybridized carbons (Fsp3) is 0.111. The van der Waals surface area contributed by atoms with Gasteiger partial charge in [-0.1, -0.05) is 0 Å². The smallest absolute Gasteiger partial charge is 0.325 e. The number of thiazole rings is 1. The Morgan fingerprint density at radius 2 is 2.00 bits per heavy atom. The van der Waals surface area contributed by atoms with Crippen LogP contribution in [0.4, 0.5) is 30.2 Å². The van der Waals surface area contributed by atoms with Crippen LogP contribution in [0.3, 0.4) is 0 Å². The average molecular weight is 432 g/mol. The van der Waals surface area contributed by atoms with Gasteiger partial charge < -0.3 is 10.6 Å². The molecule has 3 N–H and O–H groups in total. The molecule has 11 heteroatoms. The monoisotopic (exact) mass is 432 g/mol. The number of hydrogen-bond acceptors (Lipinski definition) is 7. The standard InChI is InChI=1S/C18H14F2N6OS2/c19-10-1-2-12(20)14(7-10)25-17(27)26-18-22-8-11(29-18)3-5-21-16-15-13(4-6-28-15)23-9-24-16/h1-2,4,6-9H,3,5H2,(H,21,23,24)(H2,22,25,26,27). The number of aromatic nitrogens is 3. The summed E-state index contributed by atoms with van der Waals surface area (Å²) in [7, 11) is 0. The van der Waals surface area contributed by atoms with E-state index in [1.54, 1.807) is 17.5 Å². The molecule has 0 aliphatic heterocycles. The van der Waals surface area contributed by atoms with Crippen LogP contribution in [0, 0.1) is 11.6 Å². The van der Waals surface area contributed by atoms with Gasteiger partial charge in [0.05, 0.1) is 15.9 Å². The number of urea groups is 1. The maximum Gasteiger partial charge on any atom is 0.325 e. The minimum absolute atomic E-state index is 0.242. The summed E-state index contributed by atoms with van der Waals surface area (Å²) in [5, 5.41) is 10.4. The Bertz CT molecular complexity index is 1160. The van der Waals surface area contributed by atoms with Crippen LogP contribution >= 0.6 is 22.7 Å². The predicted molar refractivity (Wildman–Crippen MR) is 111 cm³/mol. The largest absolute Gasteiger partial charge is 0.368 e. The van der Waals surface area contributed by atoms with Crippen molar-refractivity contribution in [2.24, 2.45) is 0 Å². The summed E-state index contributed by atoms with van der Waals surface area (Å²) in [6.07, 6.45) is 3.86. The molecule has 3 heterocycles. The predicted octanol–water partition coefficient (Wildman–Crippen LogP) is 4.72. The van der Waals surface area contributed by atoms with Gasteiger partial charge in [0.25, 0.3) is 0 Å². The molecular formula is C18H14F2N6OS2. The Morgan fingerprint density at radius 1 is 1.10 bits per heavy atom. The van der Waals surface area contributed by atoms with E-state index in [1.807, 2.05) is 11.4 Å². The van der Waals surface area contributed by atoms with Crippen molar-refractivity contribution in [1.82, 2.24) is 15.0 Å². The number of hydrogen-bond donors (Lipinski definition) is 3. The first-order valence-corrected chi connectivity index (χ1v) is 10.2. The molecule has 0 radical (unpaired) electrons. The van der Waals surface area contributed by atoms with Gasteiger partial charge in [-0.25, -0.2) is 28.5 Å². The van der Waals surface area contributed by atoms with Crippen LogP contribution < -0.4 is 16.0 Å². The van der Waals surface area contributed by atoms with E-state index in [9.17, 15) is 13.6 Å². The molecule has 0 bridgehead atoms. The molecule has 4 rings (SSSR count). The van der Waals surface area contributed by atoms with Crippen molar-refractivity contribution >= 4 is 55.6 Å². The van der Waals surface area contributed by atoms with Gasteiger partial charge in [0.15, 0.2) is 5.13 Å². The lowest BCUT2D eigenvalue weighted by Crippen LogP contribution is -2.20. The quantitative estimate of drug-likeness (QED) is 0.410. The van der Waals surface area contributed by atoms with Crippen LogP contribution in [0.25, 0.3) is 10.2 Å². The lowest BCUT2D eigenvalue weighted by molar-refractivity contribution is 0.262. The number of benzene rings is 1. The van der Waals surface area contributed by atoms with Gasteiger partial charge in [-0.2, -0.15) is 0 Å². The summed E-state index contributed by atoms with van der Waals surface area (Å²) in [6.45, 7) is 0.631. The van der Waals surface area contributed by atoms with Crippen molar-refractivity contribution in [2.75, 3.05) is 22.5 Å². The van der Waals surface area contributed by atoms with Gasteiger partial charge in [-0.05, 0) is 23.6 Å². The number of amides is 2. The number of carbonyl (C=O) groups is 1. The first-order chi connectivity index (χ1) is 14.1. The Hall–Kier alpha value is -3.18.